The SMILES string of the molecule is NCCC[C@H](N)c1ocnc1C(=O)O. The summed E-state index contributed by atoms with van der Waals surface area (Å²) in [5.74, 6) is -0.914. The van der Waals surface area contributed by atoms with Crippen LogP contribution in [0.2, 0.25) is 0 Å². The molecule has 1 atom stereocenters. The number of nitrogens with zero attached hydrogens (tertiary/aromatic N) is 1. The molecule has 1 aromatic rings. The highest BCUT2D eigenvalue weighted by Gasteiger charge is 2.20. The van der Waals surface area contributed by atoms with Crippen LogP contribution < -0.4 is 11.5 Å². The number of hydrogen-bond donors (Lipinski definition) is 3. The Hall–Kier alpha value is -1.40. The van der Waals surface area contributed by atoms with Crippen molar-refractivity contribution >= 4 is 5.97 Å². The maximum absolute atomic E-state index is 10.7. The largest absolute Gasteiger partial charge is 0.476 e. The second kappa shape index (κ2) is 4.73. The monoisotopic (exact) mass is 199 g/mol. The zero-order chi connectivity index (χ0) is 10.6. The highest BCUT2D eigenvalue weighted by molar-refractivity contribution is 5.86. The van der Waals surface area contributed by atoms with Crippen LogP contribution in [0.1, 0.15) is 35.1 Å². The molecular weight excluding hydrogens is 186 g/mol. The van der Waals surface area contributed by atoms with E-state index in [1.807, 2.05) is 0 Å². The lowest BCUT2D eigenvalue weighted by Crippen LogP contribution is -2.15. The van der Waals surface area contributed by atoms with Gasteiger partial charge in [0.15, 0.2) is 17.8 Å². The van der Waals surface area contributed by atoms with E-state index in [9.17, 15) is 4.79 Å². The molecule has 0 aromatic carbocycles. The van der Waals surface area contributed by atoms with Gasteiger partial charge in [-0.15, -0.1) is 0 Å². The zero-order valence-electron chi connectivity index (χ0n) is 7.64. The van der Waals surface area contributed by atoms with Crippen molar-refractivity contribution in [1.29, 1.82) is 0 Å². The van der Waals surface area contributed by atoms with Crippen molar-refractivity contribution in [2.24, 2.45) is 11.5 Å². The van der Waals surface area contributed by atoms with Gasteiger partial charge < -0.3 is 21.0 Å². The van der Waals surface area contributed by atoms with Gasteiger partial charge in [-0.1, -0.05) is 0 Å². The summed E-state index contributed by atoms with van der Waals surface area (Å²) in [5.41, 5.74) is 10.9. The molecule has 78 valence electrons. The van der Waals surface area contributed by atoms with Gasteiger partial charge in [-0.2, -0.15) is 0 Å². The van der Waals surface area contributed by atoms with Gasteiger partial charge in [0.05, 0.1) is 6.04 Å². The van der Waals surface area contributed by atoms with Crippen LogP contribution in [0.3, 0.4) is 0 Å². The summed E-state index contributed by atoms with van der Waals surface area (Å²) < 4.78 is 4.93. The minimum Gasteiger partial charge on any atom is -0.476 e. The number of carboxylic acids is 1. The van der Waals surface area contributed by atoms with E-state index in [4.69, 9.17) is 21.0 Å². The topological polar surface area (TPSA) is 115 Å². The van der Waals surface area contributed by atoms with Crippen LogP contribution in [-0.2, 0) is 0 Å². The van der Waals surface area contributed by atoms with Gasteiger partial charge in [0.1, 0.15) is 0 Å². The van der Waals surface area contributed by atoms with E-state index in [0.29, 0.717) is 13.0 Å². The van der Waals surface area contributed by atoms with Crippen LogP contribution in [-0.4, -0.2) is 22.6 Å². The first-order valence-corrected chi connectivity index (χ1v) is 4.29. The normalized spacial score (nSPS) is 12.7. The summed E-state index contributed by atoms with van der Waals surface area (Å²) in [6, 6.07) is -0.452. The van der Waals surface area contributed by atoms with E-state index >= 15 is 0 Å². The highest BCUT2D eigenvalue weighted by Crippen LogP contribution is 2.18. The van der Waals surface area contributed by atoms with Crippen LogP contribution >= 0.6 is 0 Å². The smallest absolute Gasteiger partial charge is 0.358 e. The molecule has 0 unspecified atom stereocenters. The molecule has 6 nitrogen and oxygen atoms in total. The van der Waals surface area contributed by atoms with E-state index in [-0.39, 0.29) is 11.5 Å². The Bertz CT molecular complexity index is 311. The fourth-order valence-electron chi connectivity index (χ4n) is 1.15. The fraction of sp³-hybridized carbons (Fsp3) is 0.500. The number of aromatic nitrogens is 1. The highest BCUT2D eigenvalue weighted by atomic mass is 16.4. The molecule has 0 aliphatic heterocycles. The number of carboxylic acid groups (broad SMARTS) is 1. The Morgan fingerprint density at radius 3 is 3.00 bits per heavy atom. The van der Waals surface area contributed by atoms with Crippen LogP contribution in [0.4, 0.5) is 0 Å². The van der Waals surface area contributed by atoms with Crippen molar-refractivity contribution in [2.45, 2.75) is 18.9 Å². The maximum Gasteiger partial charge on any atom is 0.358 e. The van der Waals surface area contributed by atoms with Gasteiger partial charge in [0.2, 0.25) is 0 Å². The molecule has 0 saturated carbocycles. The quantitative estimate of drug-likeness (QED) is 0.620. The number of aromatic carboxylic acids is 1. The Labute approximate surface area is 80.9 Å². The third kappa shape index (κ3) is 2.30. The summed E-state index contributed by atoms with van der Waals surface area (Å²) in [4.78, 5) is 14.2. The summed E-state index contributed by atoms with van der Waals surface area (Å²) in [5, 5.41) is 8.73. The molecule has 14 heavy (non-hydrogen) atoms. The third-order valence-electron chi connectivity index (χ3n) is 1.85. The lowest BCUT2D eigenvalue weighted by molar-refractivity contribution is 0.0688. The van der Waals surface area contributed by atoms with E-state index in [1.54, 1.807) is 0 Å². The molecule has 0 saturated heterocycles. The lowest BCUT2D eigenvalue weighted by Gasteiger charge is -2.07. The fourth-order valence-corrected chi connectivity index (χ4v) is 1.15. The van der Waals surface area contributed by atoms with Crippen LogP contribution in [0.25, 0.3) is 0 Å². The molecule has 0 spiro atoms. The lowest BCUT2D eigenvalue weighted by atomic mass is 10.1. The predicted molar refractivity (Wildman–Crippen MR) is 48.7 cm³/mol. The number of oxazole rings is 1. The summed E-state index contributed by atoms with van der Waals surface area (Å²) >= 11 is 0. The molecule has 5 N–H and O–H groups in total. The van der Waals surface area contributed by atoms with Gasteiger partial charge in [0.25, 0.3) is 0 Å². The zero-order valence-corrected chi connectivity index (χ0v) is 7.64. The predicted octanol–water partition coefficient (Wildman–Crippen LogP) is 0.112. The van der Waals surface area contributed by atoms with E-state index < -0.39 is 12.0 Å². The molecule has 0 aliphatic rings. The third-order valence-corrected chi connectivity index (χ3v) is 1.85. The van der Waals surface area contributed by atoms with Crippen molar-refractivity contribution in [3.8, 4) is 0 Å². The number of hydrogen-bond acceptors (Lipinski definition) is 5. The van der Waals surface area contributed by atoms with Gasteiger partial charge in [-0.05, 0) is 19.4 Å². The average molecular weight is 199 g/mol. The Morgan fingerprint density at radius 1 is 1.71 bits per heavy atom. The van der Waals surface area contributed by atoms with Gasteiger partial charge in [-0.3, -0.25) is 0 Å². The first-order valence-electron chi connectivity index (χ1n) is 4.29. The Balaban J connectivity index is 2.73. The van der Waals surface area contributed by atoms with Crippen molar-refractivity contribution in [2.75, 3.05) is 6.54 Å². The van der Waals surface area contributed by atoms with Crippen molar-refractivity contribution in [1.82, 2.24) is 4.98 Å². The molecule has 0 aliphatic carbocycles. The molecule has 1 rings (SSSR count). The minimum absolute atomic E-state index is 0.116. The van der Waals surface area contributed by atoms with Gasteiger partial charge >= 0.3 is 5.97 Å². The standard InChI is InChI=1S/C8H13N3O3/c9-3-1-2-5(10)7-6(8(12)13)11-4-14-7/h4-5H,1-3,9-10H2,(H,12,13)/t5-/m0/s1. The van der Waals surface area contributed by atoms with Crippen molar-refractivity contribution in [3.05, 3.63) is 17.8 Å². The maximum atomic E-state index is 10.7. The molecule has 0 radical (unpaired) electrons. The molecule has 0 amide bonds. The molecule has 1 aromatic heterocycles. The molecule has 0 fully saturated rings. The van der Waals surface area contributed by atoms with Crippen LogP contribution in [0, 0.1) is 0 Å². The number of rotatable bonds is 5. The van der Waals surface area contributed by atoms with Crippen LogP contribution in [0.15, 0.2) is 10.8 Å². The van der Waals surface area contributed by atoms with Crippen molar-refractivity contribution in [3.63, 3.8) is 0 Å². The molecule has 1 heterocycles. The van der Waals surface area contributed by atoms with Crippen LogP contribution in [0.5, 0.6) is 0 Å². The molecule has 6 heteroatoms. The van der Waals surface area contributed by atoms with Gasteiger partial charge in [0, 0.05) is 0 Å². The molecular formula is C8H13N3O3. The van der Waals surface area contributed by atoms with Gasteiger partial charge in [-0.25, -0.2) is 9.78 Å². The number of nitrogens with two attached hydrogens (primary N) is 2. The average Bonchev–Trinajstić information content (AvgIpc) is 2.62. The summed E-state index contributed by atoms with van der Waals surface area (Å²) in [6.07, 6.45) is 2.40. The first-order chi connectivity index (χ1) is 6.66. The van der Waals surface area contributed by atoms with E-state index in [1.165, 1.54) is 0 Å². The first kappa shape index (κ1) is 10.7. The minimum atomic E-state index is -1.13. The Kier molecular flexibility index (Phi) is 3.61. The number of carbonyl (C=O) groups is 1. The Morgan fingerprint density at radius 2 is 2.43 bits per heavy atom. The van der Waals surface area contributed by atoms with E-state index in [2.05, 4.69) is 4.98 Å². The van der Waals surface area contributed by atoms with E-state index in [0.717, 1.165) is 12.8 Å². The second-order valence-electron chi connectivity index (χ2n) is 2.91. The summed E-state index contributed by atoms with van der Waals surface area (Å²) in [6.45, 7) is 0.518. The van der Waals surface area contributed by atoms with Crippen molar-refractivity contribution < 1.29 is 14.3 Å². The molecule has 0 bridgehead atoms. The summed E-state index contributed by atoms with van der Waals surface area (Å²) in [7, 11) is 0. The second-order valence-corrected chi connectivity index (χ2v) is 2.91.